The lowest BCUT2D eigenvalue weighted by molar-refractivity contribution is -0.123. The van der Waals surface area contributed by atoms with Gasteiger partial charge in [0.1, 0.15) is 6.04 Å². The van der Waals surface area contributed by atoms with Gasteiger partial charge in [0, 0.05) is 18.0 Å². The van der Waals surface area contributed by atoms with Crippen LogP contribution in [0.5, 0.6) is 0 Å². The Bertz CT molecular complexity index is 776. The molecule has 25 heavy (non-hydrogen) atoms. The first kappa shape index (κ1) is 17.1. The number of hydrogen-bond acceptors (Lipinski definition) is 2. The van der Waals surface area contributed by atoms with E-state index in [1.54, 1.807) is 0 Å². The van der Waals surface area contributed by atoms with Crippen molar-refractivity contribution < 1.29 is 18.4 Å². The smallest absolute Gasteiger partial charge is 0.252 e. The highest BCUT2D eigenvalue weighted by Crippen LogP contribution is 2.19. The SMILES string of the molecule is O=C(NC(Cc1ccccc1)C(=O)NC1CC1)c1ccc(F)c(F)c1. The van der Waals surface area contributed by atoms with E-state index in [4.69, 9.17) is 0 Å². The lowest BCUT2D eigenvalue weighted by Crippen LogP contribution is -2.48. The standard InChI is InChI=1S/C19H18F2N2O2/c20-15-9-6-13(11-16(15)21)18(24)23-17(19(25)22-14-7-8-14)10-12-4-2-1-3-5-12/h1-6,9,11,14,17H,7-8,10H2,(H,22,25)(H,23,24). The van der Waals surface area contributed by atoms with Crippen LogP contribution < -0.4 is 10.6 Å². The van der Waals surface area contributed by atoms with Crippen LogP contribution in [0.3, 0.4) is 0 Å². The Hall–Kier alpha value is -2.76. The number of carbonyl (C=O) groups is 2. The van der Waals surface area contributed by atoms with Gasteiger partial charge >= 0.3 is 0 Å². The number of hydrogen-bond donors (Lipinski definition) is 2. The summed E-state index contributed by atoms with van der Waals surface area (Å²) in [5, 5.41) is 5.49. The zero-order valence-corrected chi connectivity index (χ0v) is 13.5. The largest absolute Gasteiger partial charge is 0.352 e. The van der Waals surface area contributed by atoms with Crippen LogP contribution in [0.1, 0.15) is 28.8 Å². The quantitative estimate of drug-likeness (QED) is 0.846. The van der Waals surface area contributed by atoms with Crippen LogP contribution in [0.25, 0.3) is 0 Å². The Kier molecular flexibility index (Phi) is 5.07. The molecule has 0 spiro atoms. The molecule has 1 unspecified atom stereocenters. The zero-order valence-electron chi connectivity index (χ0n) is 13.5. The third kappa shape index (κ3) is 4.62. The van der Waals surface area contributed by atoms with Crippen LogP contribution in [0.15, 0.2) is 48.5 Å². The van der Waals surface area contributed by atoms with Crippen molar-refractivity contribution in [3.8, 4) is 0 Å². The number of benzene rings is 2. The Morgan fingerprint density at radius 1 is 1.04 bits per heavy atom. The van der Waals surface area contributed by atoms with Gasteiger partial charge in [0.15, 0.2) is 11.6 Å². The van der Waals surface area contributed by atoms with Crippen LogP contribution >= 0.6 is 0 Å². The molecule has 4 nitrogen and oxygen atoms in total. The Morgan fingerprint density at radius 3 is 2.40 bits per heavy atom. The molecule has 0 aliphatic heterocycles. The van der Waals surface area contributed by atoms with Gasteiger partial charge in [-0.15, -0.1) is 0 Å². The molecular formula is C19H18F2N2O2. The molecule has 2 amide bonds. The molecule has 0 saturated heterocycles. The molecule has 1 atom stereocenters. The normalized spacial score (nSPS) is 14.6. The average molecular weight is 344 g/mol. The van der Waals surface area contributed by atoms with Gasteiger partial charge in [0.2, 0.25) is 5.91 Å². The summed E-state index contributed by atoms with van der Waals surface area (Å²) in [5.74, 6) is -3.02. The minimum atomic E-state index is -1.10. The second-order valence-corrected chi connectivity index (χ2v) is 6.13. The topological polar surface area (TPSA) is 58.2 Å². The summed E-state index contributed by atoms with van der Waals surface area (Å²) in [6, 6.07) is 11.6. The van der Waals surface area contributed by atoms with Gasteiger partial charge in [0.25, 0.3) is 5.91 Å². The van der Waals surface area contributed by atoms with Gasteiger partial charge in [-0.1, -0.05) is 30.3 Å². The minimum absolute atomic E-state index is 0.0313. The summed E-state index contributed by atoms with van der Waals surface area (Å²) in [6.07, 6.45) is 2.18. The van der Waals surface area contributed by atoms with E-state index in [-0.39, 0.29) is 17.5 Å². The number of nitrogens with one attached hydrogen (secondary N) is 2. The van der Waals surface area contributed by atoms with Crippen LogP contribution in [-0.4, -0.2) is 23.9 Å². The summed E-state index contributed by atoms with van der Waals surface area (Å²) in [5.41, 5.74) is 0.861. The molecule has 1 saturated carbocycles. The summed E-state index contributed by atoms with van der Waals surface area (Å²) >= 11 is 0. The third-order valence-electron chi connectivity index (χ3n) is 4.01. The fourth-order valence-corrected chi connectivity index (χ4v) is 2.47. The molecule has 0 aromatic heterocycles. The molecule has 0 bridgehead atoms. The van der Waals surface area contributed by atoms with E-state index in [1.165, 1.54) is 6.07 Å². The Morgan fingerprint density at radius 2 is 1.76 bits per heavy atom. The highest BCUT2D eigenvalue weighted by Gasteiger charge is 2.28. The first-order valence-electron chi connectivity index (χ1n) is 8.13. The lowest BCUT2D eigenvalue weighted by Gasteiger charge is -2.18. The van der Waals surface area contributed by atoms with E-state index in [1.807, 2.05) is 30.3 Å². The maximum atomic E-state index is 13.3. The van der Waals surface area contributed by atoms with Gasteiger partial charge in [0.05, 0.1) is 0 Å². The molecule has 1 aliphatic carbocycles. The molecule has 0 heterocycles. The molecule has 1 fully saturated rings. The molecule has 1 aliphatic rings. The van der Waals surface area contributed by atoms with Crippen molar-refractivity contribution in [2.75, 3.05) is 0 Å². The Balaban J connectivity index is 1.74. The zero-order chi connectivity index (χ0) is 17.8. The van der Waals surface area contributed by atoms with E-state index in [0.29, 0.717) is 6.42 Å². The predicted molar refractivity (Wildman–Crippen MR) is 88.9 cm³/mol. The minimum Gasteiger partial charge on any atom is -0.352 e. The van der Waals surface area contributed by atoms with E-state index in [0.717, 1.165) is 30.5 Å². The first-order chi connectivity index (χ1) is 12.0. The Labute approximate surface area is 144 Å². The maximum absolute atomic E-state index is 13.3. The van der Waals surface area contributed by atoms with E-state index < -0.39 is 23.6 Å². The average Bonchev–Trinajstić information content (AvgIpc) is 3.41. The van der Waals surface area contributed by atoms with Gasteiger partial charge < -0.3 is 10.6 Å². The number of carbonyl (C=O) groups excluding carboxylic acids is 2. The molecule has 2 aromatic carbocycles. The third-order valence-corrected chi connectivity index (χ3v) is 4.01. The fraction of sp³-hybridized carbons (Fsp3) is 0.263. The van der Waals surface area contributed by atoms with Crippen molar-refractivity contribution in [2.24, 2.45) is 0 Å². The summed E-state index contributed by atoms with van der Waals surface area (Å²) < 4.78 is 26.3. The van der Waals surface area contributed by atoms with Crippen molar-refractivity contribution >= 4 is 11.8 Å². The van der Waals surface area contributed by atoms with Crippen LogP contribution in [0.4, 0.5) is 8.78 Å². The van der Waals surface area contributed by atoms with Crippen LogP contribution in [-0.2, 0) is 11.2 Å². The summed E-state index contributed by atoms with van der Waals surface area (Å²) in [7, 11) is 0. The van der Waals surface area contributed by atoms with Gasteiger partial charge in [-0.2, -0.15) is 0 Å². The second-order valence-electron chi connectivity index (χ2n) is 6.13. The predicted octanol–water partition coefficient (Wildman–Crippen LogP) is 2.58. The fourth-order valence-electron chi connectivity index (χ4n) is 2.47. The molecular weight excluding hydrogens is 326 g/mol. The lowest BCUT2D eigenvalue weighted by atomic mass is 10.0. The van der Waals surface area contributed by atoms with Crippen molar-refractivity contribution in [1.29, 1.82) is 0 Å². The van der Waals surface area contributed by atoms with Gasteiger partial charge in [-0.3, -0.25) is 9.59 Å². The van der Waals surface area contributed by atoms with Crippen LogP contribution in [0, 0.1) is 11.6 Å². The van der Waals surface area contributed by atoms with E-state index >= 15 is 0 Å². The monoisotopic (exact) mass is 344 g/mol. The van der Waals surface area contributed by atoms with E-state index in [9.17, 15) is 18.4 Å². The second kappa shape index (κ2) is 7.42. The molecule has 130 valence electrons. The van der Waals surface area contributed by atoms with Crippen molar-refractivity contribution in [3.05, 3.63) is 71.3 Å². The first-order valence-corrected chi connectivity index (χ1v) is 8.13. The van der Waals surface area contributed by atoms with Crippen molar-refractivity contribution in [3.63, 3.8) is 0 Å². The summed E-state index contributed by atoms with van der Waals surface area (Å²) in [6.45, 7) is 0. The van der Waals surface area contributed by atoms with Crippen molar-refractivity contribution in [2.45, 2.75) is 31.3 Å². The highest BCUT2D eigenvalue weighted by molar-refractivity contribution is 5.97. The maximum Gasteiger partial charge on any atom is 0.252 e. The van der Waals surface area contributed by atoms with E-state index in [2.05, 4.69) is 10.6 Å². The molecule has 6 heteroatoms. The van der Waals surface area contributed by atoms with Crippen LogP contribution in [0.2, 0.25) is 0 Å². The number of halogens is 2. The van der Waals surface area contributed by atoms with Gasteiger partial charge in [-0.25, -0.2) is 8.78 Å². The molecule has 2 aromatic rings. The van der Waals surface area contributed by atoms with Crippen molar-refractivity contribution in [1.82, 2.24) is 10.6 Å². The summed E-state index contributed by atoms with van der Waals surface area (Å²) in [4.78, 5) is 24.8. The van der Waals surface area contributed by atoms with Gasteiger partial charge in [-0.05, 0) is 36.6 Å². The molecule has 3 rings (SSSR count). The highest BCUT2D eigenvalue weighted by atomic mass is 19.2. The number of rotatable bonds is 6. The number of amides is 2. The molecule has 0 radical (unpaired) electrons. The molecule has 2 N–H and O–H groups in total.